The van der Waals surface area contributed by atoms with Gasteiger partial charge in [0.05, 0.1) is 6.54 Å². The number of amides is 2. The number of aryl methyl sites for hydroxylation is 1. The van der Waals surface area contributed by atoms with Crippen molar-refractivity contribution < 1.29 is 9.59 Å². The number of hydrogen-bond donors (Lipinski definition) is 1. The van der Waals surface area contributed by atoms with Crippen LogP contribution in [0.4, 0.5) is 11.4 Å². The van der Waals surface area contributed by atoms with Crippen molar-refractivity contribution in [2.24, 2.45) is 5.92 Å². The molecular weight excluding hydrogens is 350 g/mol. The maximum atomic E-state index is 13.0. The number of hydrogen-bond acceptors (Lipinski definition) is 3. The number of likely N-dealkylation sites (tertiary alicyclic amines) is 1. The van der Waals surface area contributed by atoms with Crippen LogP contribution in [0.3, 0.4) is 0 Å². The molecule has 2 aliphatic rings. The van der Waals surface area contributed by atoms with Gasteiger partial charge in [0.1, 0.15) is 0 Å². The third kappa shape index (κ3) is 4.09. The molecule has 2 aromatic carbocycles. The van der Waals surface area contributed by atoms with Crippen LogP contribution in [0.5, 0.6) is 0 Å². The predicted octanol–water partition coefficient (Wildman–Crippen LogP) is 3.23. The van der Waals surface area contributed by atoms with Crippen LogP contribution in [-0.2, 0) is 16.0 Å². The highest BCUT2D eigenvalue weighted by Gasteiger charge is 2.32. The summed E-state index contributed by atoms with van der Waals surface area (Å²) in [5, 5.41) is 2.95. The van der Waals surface area contributed by atoms with Gasteiger partial charge in [0.15, 0.2) is 0 Å². The summed E-state index contributed by atoms with van der Waals surface area (Å²) in [4.78, 5) is 29.4. The number of para-hydroxylation sites is 1. The molecule has 1 saturated heterocycles. The quantitative estimate of drug-likeness (QED) is 0.890. The van der Waals surface area contributed by atoms with Crippen LogP contribution >= 0.6 is 0 Å². The van der Waals surface area contributed by atoms with Crippen molar-refractivity contribution in [3.05, 3.63) is 59.7 Å². The number of anilines is 2. The maximum Gasteiger partial charge on any atom is 0.238 e. The lowest BCUT2D eigenvalue weighted by atomic mass is 9.95. The average Bonchev–Trinajstić information content (AvgIpc) is 3.14. The number of nitrogens with zero attached hydrogens (tertiary/aromatic N) is 2. The molecule has 0 radical (unpaired) electrons. The molecule has 0 bridgehead atoms. The van der Waals surface area contributed by atoms with E-state index in [1.54, 1.807) is 0 Å². The summed E-state index contributed by atoms with van der Waals surface area (Å²) in [5.74, 6) is 0.304. The molecule has 0 aliphatic carbocycles. The SMILES string of the molecule is Cc1ccc(NC(=O)CN2CCC(C(=O)N3CCc4ccccc43)CC2)cc1. The highest BCUT2D eigenvalue weighted by molar-refractivity contribution is 5.97. The lowest BCUT2D eigenvalue weighted by molar-refractivity contribution is -0.123. The first-order valence-corrected chi connectivity index (χ1v) is 10.1. The highest BCUT2D eigenvalue weighted by atomic mass is 16.2. The fourth-order valence-electron chi connectivity index (χ4n) is 4.17. The monoisotopic (exact) mass is 377 g/mol. The lowest BCUT2D eigenvalue weighted by Crippen LogP contribution is -2.44. The molecule has 0 unspecified atom stereocenters. The number of carbonyl (C=O) groups excluding carboxylic acids is 2. The molecule has 2 aliphatic heterocycles. The number of fused-ring (bicyclic) bond motifs is 1. The largest absolute Gasteiger partial charge is 0.325 e. The van der Waals surface area contributed by atoms with Crippen molar-refractivity contribution in [3.63, 3.8) is 0 Å². The number of benzene rings is 2. The summed E-state index contributed by atoms with van der Waals surface area (Å²) < 4.78 is 0. The van der Waals surface area contributed by atoms with Gasteiger partial charge >= 0.3 is 0 Å². The van der Waals surface area contributed by atoms with Crippen molar-refractivity contribution in [1.29, 1.82) is 0 Å². The summed E-state index contributed by atoms with van der Waals surface area (Å²) >= 11 is 0. The molecule has 28 heavy (non-hydrogen) atoms. The molecule has 1 N–H and O–H groups in total. The Bertz CT molecular complexity index is 854. The molecular formula is C23H27N3O2. The van der Waals surface area contributed by atoms with Gasteiger partial charge in [-0.15, -0.1) is 0 Å². The van der Waals surface area contributed by atoms with Gasteiger partial charge < -0.3 is 10.2 Å². The first-order chi connectivity index (χ1) is 13.6. The Morgan fingerprint density at radius 3 is 2.46 bits per heavy atom. The Morgan fingerprint density at radius 1 is 1.00 bits per heavy atom. The standard InChI is InChI=1S/C23H27N3O2/c1-17-6-8-20(9-7-17)24-22(27)16-25-13-10-19(11-14-25)23(28)26-15-12-18-4-2-3-5-21(18)26/h2-9,19H,10-16H2,1H3,(H,24,27). The molecule has 5 heteroatoms. The zero-order valence-corrected chi connectivity index (χ0v) is 16.4. The van der Waals surface area contributed by atoms with Gasteiger partial charge in [-0.05, 0) is 63.0 Å². The Morgan fingerprint density at radius 2 is 1.71 bits per heavy atom. The summed E-state index contributed by atoms with van der Waals surface area (Å²) in [6.45, 7) is 4.76. The number of nitrogens with one attached hydrogen (secondary N) is 1. The van der Waals surface area contributed by atoms with Crippen LogP contribution in [0, 0.1) is 12.8 Å². The van der Waals surface area contributed by atoms with Gasteiger partial charge in [-0.1, -0.05) is 35.9 Å². The van der Waals surface area contributed by atoms with E-state index in [1.807, 2.05) is 54.3 Å². The second-order valence-electron chi connectivity index (χ2n) is 7.83. The second kappa shape index (κ2) is 8.15. The topological polar surface area (TPSA) is 52.7 Å². The molecule has 0 aromatic heterocycles. The first-order valence-electron chi connectivity index (χ1n) is 10.1. The van der Waals surface area contributed by atoms with Gasteiger partial charge in [0.25, 0.3) is 0 Å². The van der Waals surface area contributed by atoms with Crippen molar-refractivity contribution in [1.82, 2.24) is 4.90 Å². The number of carbonyl (C=O) groups is 2. The Hall–Kier alpha value is -2.66. The average molecular weight is 377 g/mol. The molecule has 0 saturated carbocycles. The molecule has 146 valence electrons. The van der Waals surface area contributed by atoms with Crippen LogP contribution in [-0.4, -0.2) is 42.9 Å². The van der Waals surface area contributed by atoms with Gasteiger partial charge in [0, 0.05) is 23.8 Å². The fraction of sp³-hybridized carbons (Fsp3) is 0.391. The van der Waals surface area contributed by atoms with Gasteiger partial charge in [-0.2, -0.15) is 0 Å². The Kier molecular flexibility index (Phi) is 5.44. The van der Waals surface area contributed by atoms with E-state index in [2.05, 4.69) is 16.3 Å². The minimum absolute atomic E-state index is 0.00194. The van der Waals surface area contributed by atoms with Crippen LogP contribution in [0.2, 0.25) is 0 Å². The van der Waals surface area contributed by atoms with E-state index < -0.39 is 0 Å². The van der Waals surface area contributed by atoms with Gasteiger partial charge in [-0.25, -0.2) is 0 Å². The summed E-state index contributed by atoms with van der Waals surface area (Å²) in [6, 6.07) is 16.0. The molecule has 2 heterocycles. The van der Waals surface area contributed by atoms with Crippen molar-refractivity contribution in [3.8, 4) is 0 Å². The third-order valence-corrected chi connectivity index (χ3v) is 5.79. The fourth-order valence-corrected chi connectivity index (χ4v) is 4.17. The van der Waals surface area contributed by atoms with Crippen molar-refractivity contribution in [2.75, 3.05) is 36.4 Å². The normalized spacial score (nSPS) is 17.4. The van der Waals surface area contributed by atoms with E-state index in [0.717, 1.165) is 50.3 Å². The van der Waals surface area contributed by atoms with Crippen LogP contribution in [0.1, 0.15) is 24.0 Å². The Labute approximate surface area is 166 Å². The third-order valence-electron chi connectivity index (χ3n) is 5.79. The number of piperidine rings is 1. The molecule has 0 spiro atoms. The first kappa shape index (κ1) is 18.7. The Balaban J connectivity index is 1.27. The number of rotatable bonds is 4. The lowest BCUT2D eigenvalue weighted by Gasteiger charge is -2.32. The molecule has 0 atom stereocenters. The minimum Gasteiger partial charge on any atom is -0.325 e. The van der Waals surface area contributed by atoms with E-state index in [0.29, 0.717) is 6.54 Å². The summed E-state index contributed by atoms with van der Waals surface area (Å²) in [6.07, 6.45) is 2.57. The van der Waals surface area contributed by atoms with Gasteiger partial charge in [-0.3, -0.25) is 14.5 Å². The molecule has 2 amide bonds. The minimum atomic E-state index is 0.00194. The van der Waals surface area contributed by atoms with E-state index in [-0.39, 0.29) is 17.7 Å². The van der Waals surface area contributed by atoms with Gasteiger partial charge in [0.2, 0.25) is 11.8 Å². The smallest absolute Gasteiger partial charge is 0.238 e. The predicted molar refractivity (Wildman–Crippen MR) is 111 cm³/mol. The van der Waals surface area contributed by atoms with E-state index in [4.69, 9.17) is 0 Å². The van der Waals surface area contributed by atoms with Crippen LogP contribution < -0.4 is 10.2 Å². The second-order valence-corrected chi connectivity index (χ2v) is 7.83. The van der Waals surface area contributed by atoms with Crippen molar-refractivity contribution in [2.45, 2.75) is 26.2 Å². The molecule has 1 fully saturated rings. The summed E-state index contributed by atoms with van der Waals surface area (Å²) in [5.41, 5.74) is 4.34. The van der Waals surface area contributed by atoms with E-state index >= 15 is 0 Å². The zero-order valence-electron chi connectivity index (χ0n) is 16.4. The van der Waals surface area contributed by atoms with Crippen molar-refractivity contribution >= 4 is 23.2 Å². The maximum absolute atomic E-state index is 13.0. The molecule has 2 aromatic rings. The zero-order chi connectivity index (χ0) is 19.5. The van der Waals surface area contributed by atoms with Crippen LogP contribution in [0.15, 0.2) is 48.5 Å². The van der Waals surface area contributed by atoms with E-state index in [9.17, 15) is 9.59 Å². The molecule has 4 rings (SSSR count). The summed E-state index contributed by atoms with van der Waals surface area (Å²) in [7, 11) is 0. The highest BCUT2D eigenvalue weighted by Crippen LogP contribution is 2.30. The van der Waals surface area contributed by atoms with E-state index in [1.165, 1.54) is 11.1 Å². The van der Waals surface area contributed by atoms with Crippen LogP contribution in [0.25, 0.3) is 0 Å². The molecule has 5 nitrogen and oxygen atoms in total.